The summed E-state index contributed by atoms with van der Waals surface area (Å²) in [5.41, 5.74) is -0.871. The van der Waals surface area contributed by atoms with E-state index in [4.69, 9.17) is 5.21 Å². The summed E-state index contributed by atoms with van der Waals surface area (Å²) in [5.74, 6) is 0. The zero-order chi connectivity index (χ0) is 24.2. The standard InChI is InChI=1S/C21H15F3N4O5/c22-21(23,24)18-11-16(6-9-20(18)28(32)33)26-19(12-25-29)15-3-1-2-14(10-15)13-4-7-17(8-5-13)27(30)31/h1-12,19,26,29H. The highest BCUT2D eigenvalue weighted by molar-refractivity contribution is 5.74. The lowest BCUT2D eigenvalue weighted by atomic mass is 9.99. The van der Waals surface area contributed by atoms with Crippen LogP contribution < -0.4 is 5.32 Å². The second kappa shape index (κ2) is 9.34. The molecule has 3 rings (SSSR count). The van der Waals surface area contributed by atoms with E-state index in [9.17, 15) is 33.4 Å². The van der Waals surface area contributed by atoms with Gasteiger partial charge in [-0.2, -0.15) is 13.2 Å². The Morgan fingerprint density at radius 2 is 1.64 bits per heavy atom. The Kier molecular flexibility index (Phi) is 6.56. The van der Waals surface area contributed by atoms with E-state index < -0.39 is 33.3 Å². The second-order valence-corrected chi connectivity index (χ2v) is 6.80. The number of oxime groups is 1. The summed E-state index contributed by atoms with van der Waals surface area (Å²) in [6.07, 6.45) is -3.90. The molecule has 2 N–H and O–H groups in total. The number of nitrogens with one attached hydrogen (secondary N) is 1. The molecule has 0 aliphatic heterocycles. The SMILES string of the molecule is O=[N+]([O-])c1ccc(-c2cccc(C(C=NO)Nc3ccc([N+](=O)[O-])c(C(F)(F)F)c3)c2)cc1. The normalized spacial score (nSPS) is 12.5. The van der Waals surface area contributed by atoms with Crippen LogP contribution >= 0.6 is 0 Å². The molecule has 9 nitrogen and oxygen atoms in total. The van der Waals surface area contributed by atoms with Gasteiger partial charge in [-0.1, -0.05) is 23.4 Å². The zero-order valence-electron chi connectivity index (χ0n) is 16.6. The molecule has 0 radical (unpaired) electrons. The van der Waals surface area contributed by atoms with Gasteiger partial charge in [0.2, 0.25) is 0 Å². The van der Waals surface area contributed by atoms with E-state index in [1.807, 2.05) is 0 Å². The Labute approximate surface area is 184 Å². The average Bonchev–Trinajstić information content (AvgIpc) is 2.78. The Hall–Kier alpha value is -4.48. The maximum atomic E-state index is 13.3. The molecule has 170 valence electrons. The molecular weight excluding hydrogens is 445 g/mol. The highest BCUT2D eigenvalue weighted by atomic mass is 19.4. The van der Waals surface area contributed by atoms with E-state index in [-0.39, 0.29) is 11.4 Å². The predicted octanol–water partition coefficient (Wildman–Crippen LogP) is 5.80. The van der Waals surface area contributed by atoms with Crippen molar-refractivity contribution in [3.05, 3.63) is 98.1 Å². The summed E-state index contributed by atoms with van der Waals surface area (Å²) in [4.78, 5) is 20.1. The average molecular weight is 460 g/mol. The number of nitro benzene ring substituents is 2. The number of alkyl halides is 3. The van der Waals surface area contributed by atoms with E-state index in [0.717, 1.165) is 18.3 Å². The minimum atomic E-state index is -4.95. The van der Waals surface area contributed by atoms with Crippen LogP contribution in [-0.4, -0.2) is 21.3 Å². The molecule has 0 saturated carbocycles. The highest BCUT2D eigenvalue weighted by Gasteiger charge is 2.38. The van der Waals surface area contributed by atoms with Crippen molar-refractivity contribution in [3.8, 4) is 11.1 Å². The summed E-state index contributed by atoms with van der Waals surface area (Å²) in [5, 5.41) is 36.5. The number of non-ortho nitro benzene ring substituents is 1. The van der Waals surface area contributed by atoms with Crippen molar-refractivity contribution in [2.24, 2.45) is 5.16 Å². The van der Waals surface area contributed by atoms with Crippen LogP contribution in [0.25, 0.3) is 11.1 Å². The van der Waals surface area contributed by atoms with E-state index in [1.54, 1.807) is 36.4 Å². The Morgan fingerprint density at radius 1 is 0.939 bits per heavy atom. The molecule has 3 aromatic carbocycles. The van der Waals surface area contributed by atoms with Crippen molar-refractivity contribution in [1.82, 2.24) is 0 Å². The third kappa shape index (κ3) is 5.42. The van der Waals surface area contributed by atoms with E-state index in [2.05, 4.69) is 10.5 Å². The molecule has 3 aromatic rings. The number of nitrogens with zero attached hydrogens (tertiary/aromatic N) is 3. The molecule has 33 heavy (non-hydrogen) atoms. The van der Waals surface area contributed by atoms with Gasteiger partial charge in [-0.05, 0) is 47.0 Å². The fourth-order valence-corrected chi connectivity index (χ4v) is 3.15. The van der Waals surface area contributed by atoms with Gasteiger partial charge in [-0.15, -0.1) is 0 Å². The fraction of sp³-hybridized carbons (Fsp3) is 0.0952. The Bertz CT molecular complexity index is 1210. The van der Waals surface area contributed by atoms with Gasteiger partial charge in [0, 0.05) is 23.9 Å². The molecule has 0 amide bonds. The number of hydrogen-bond acceptors (Lipinski definition) is 7. The van der Waals surface area contributed by atoms with Crippen LogP contribution in [0.4, 0.5) is 30.2 Å². The molecular formula is C21H15F3N4O5. The molecule has 12 heteroatoms. The summed E-state index contributed by atoms with van der Waals surface area (Å²) >= 11 is 0. The van der Waals surface area contributed by atoms with Crippen molar-refractivity contribution in [2.75, 3.05) is 5.32 Å². The lowest BCUT2D eigenvalue weighted by Gasteiger charge is -2.18. The molecule has 0 bridgehead atoms. The predicted molar refractivity (Wildman–Crippen MR) is 113 cm³/mol. The number of nitro groups is 2. The number of benzene rings is 3. The summed E-state index contributed by atoms with van der Waals surface area (Å²) in [7, 11) is 0. The van der Waals surface area contributed by atoms with Crippen LogP contribution in [0.1, 0.15) is 17.2 Å². The van der Waals surface area contributed by atoms with Crippen LogP contribution in [0.5, 0.6) is 0 Å². The first-order valence-corrected chi connectivity index (χ1v) is 9.24. The molecule has 0 saturated heterocycles. The molecule has 0 aliphatic rings. The number of anilines is 1. The molecule has 1 atom stereocenters. The van der Waals surface area contributed by atoms with Gasteiger partial charge in [0.25, 0.3) is 11.4 Å². The van der Waals surface area contributed by atoms with E-state index in [0.29, 0.717) is 22.8 Å². The Morgan fingerprint density at radius 3 is 2.21 bits per heavy atom. The topological polar surface area (TPSA) is 131 Å². The monoisotopic (exact) mass is 460 g/mol. The first kappa shape index (κ1) is 23.2. The number of rotatable bonds is 7. The van der Waals surface area contributed by atoms with Gasteiger partial charge in [-0.25, -0.2) is 0 Å². The minimum absolute atomic E-state index is 0.0829. The van der Waals surface area contributed by atoms with Crippen molar-refractivity contribution in [2.45, 2.75) is 12.2 Å². The smallest absolute Gasteiger partial charge is 0.411 e. The summed E-state index contributed by atoms with van der Waals surface area (Å²) in [6, 6.07) is 14.0. The third-order valence-corrected chi connectivity index (χ3v) is 4.69. The van der Waals surface area contributed by atoms with Crippen LogP contribution in [0.15, 0.2) is 71.9 Å². The molecule has 0 fully saturated rings. The van der Waals surface area contributed by atoms with Gasteiger partial charge in [0.05, 0.1) is 22.1 Å². The molecule has 0 aliphatic carbocycles. The van der Waals surface area contributed by atoms with Gasteiger partial charge < -0.3 is 10.5 Å². The quantitative estimate of drug-likeness (QED) is 0.198. The zero-order valence-corrected chi connectivity index (χ0v) is 16.6. The molecule has 1 unspecified atom stereocenters. The largest absolute Gasteiger partial charge is 0.423 e. The number of hydrogen-bond donors (Lipinski definition) is 2. The lowest BCUT2D eigenvalue weighted by molar-refractivity contribution is -0.388. The van der Waals surface area contributed by atoms with Gasteiger partial charge in [0.15, 0.2) is 0 Å². The van der Waals surface area contributed by atoms with Crippen LogP contribution in [0.2, 0.25) is 0 Å². The van der Waals surface area contributed by atoms with Crippen molar-refractivity contribution in [3.63, 3.8) is 0 Å². The first-order chi connectivity index (χ1) is 15.6. The lowest BCUT2D eigenvalue weighted by Crippen LogP contribution is -2.14. The second-order valence-electron chi connectivity index (χ2n) is 6.80. The van der Waals surface area contributed by atoms with Gasteiger partial charge in [0.1, 0.15) is 5.56 Å². The summed E-state index contributed by atoms with van der Waals surface area (Å²) < 4.78 is 39.8. The molecule has 0 heterocycles. The Balaban J connectivity index is 1.95. The van der Waals surface area contributed by atoms with Crippen LogP contribution in [0, 0.1) is 20.2 Å². The maximum absolute atomic E-state index is 13.3. The highest BCUT2D eigenvalue weighted by Crippen LogP contribution is 2.38. The fourth-order valence-electron chi connectivity index (χ4n) is 3.15. The molecule has 0 aromatic heterocycles. The van der Waals surface area contributed by atoms with Crippen LogP contribution in [0.3, 0.4) is 0 Å². The van der Waals surface area contributed by atoms with Crippen molar-refractivity contribution >= 4 is 23.3 Å². The van der Waals surface area contributed by atoms with Gasteiger partial charge in [-0.3, -0.25) is 20.2 Å². The van der Waals surface area contributed by atoms with Crippen LogP contribution in [-0.2, 0) is 6.18 Å². The van der Waals surface area contributed by atoms with E-state index in [1.165, 1.54) is 12.1 Å². The first-order valence-electron chi connectivity index (χ1n) is 9.24. The van der Waals surface area contributed by atoms with Gasteiger partial charge >= 0.3 is 6.18 Å². The maximum Gasteiger partial charge on any atom is 0.423 e. The van der Waals surface area contributed by atoms with E-state index >= 15 is 0 Å². The molecule has 0 spiro atoms. The number of halogens is 3. The van der Waals surface area contributed by atoms with Crippen molar-refractivity contribution in [1.29, 1.82) is 0 Å². The third-order valence-electron chi connectivity index (χ3n) is 4.69. The minimum Gasteiger partial charge on any atom is -0.411 e. The summed E-state index contributed by atoms with van der Waals surface area (Å²) in [6.45, 7) is 0. The van der Waals surface area contributed by atoms with Crippen molar-refractivity contribution < 1.29 is 28.2 Å².